The lowest BCUT2D eigenvalue weighted by Crippen LogP contribution is -2.50. The maximum absolute atomic E-state index is 13.4. The van der Waals surface area contributed by atoms with Gasteiger partial charge in [0.05, 0.1) is 5.56 Å². The first-order valence-electron chi connectivity index (χ1n) is 17.0. The Kier molecular flexibility index (Phi) is 7.91. The van der Waals surface area contributed by atoms with Gasteiger partial charge in [0, 0.05) is 92.6 Å². The van der Waals surface area contributed by atoms with Crippen molar-refractivity contribution in [3.8, 4) is 11.5 Å². The number of amides is 2. The van der Waals surface area contributed by atoms with Gasteiger partial charge >= 0.3 is 18.2 Å². The fourth-order valence-corrected chi connectivity index (χ4v) is 6.99. The molecule has 0 aliphatic carbocycles. The molecule has 0 radical (unpaired) electrons. The molecule has 258 valence electrons. The van der Waals surface area contributed by atoms with E-state index in [2.05, 4.69) is 9.80 Å². The summed E-state index contributed by atoms with van der Waals surface area (Å²) in [5, 5.41) is 0. The van der Waals surface area contributed by atoms with Crippen LogP contribution in [0.15, 0.2) is 60.7 Å². The van der Waals surface area contributed by atoms with Crippen LogP contribution in [0.2, 0.25) is 0 Å². The van der Waals surface area contributed by atoms with Crippen LogP contribution in [0.4, 0.5) is 21.0 Å². The third kappa shape index (κ3) is 6.11. The molecule has 11 nitrogen and oxygen atoms in total. The van der Waals surface area contributed by atoms with E-state index in [9.17, 15) is 14.4 Å². The molecular formula is C38H44N4O7. The Morgan fingerprint density at radius 1 is 0.633 bits per heavy atom. The quantitative estimate of drug-likeness (QED) is 0.228. The van der Waals surface area contributed by atoms with Gasteiger partial charge in [-0.2, -0.15) is 0 Å². The van der Waals surface area contributed by atoms with Gasteiger partial charge in [-0.25, -0.2) is 14.4 Å². The minimum Gasteiger partial charge on any atom is -0.456 e. The first-order valence-corrected chi connectivity index (χ1v) is 17.0. The summed E-state index contributed by atoms with van der Waals surface area (Å²) >= 11 is 0. The van der Waals surface area contributed by atoms with Gasteiger partial charge in [-0.15, -0.1) is 0 Å². The first kappa shape index (κ1) is 32.6. The Balaban J connectivity index is 1.18. The number of hydrogen-bond donors (Lipinski definition) is 0. The average Bonchev–Trinajstić information content (AvgIpc) is 3.35. The zero-order valence-corrected chi connectivity index (χ0v) is 29.1. The molecule has 11 heteroatoms. The molecule has 4 aliphatic rings. The number of fused-ring (bicyclic) bond motifs is 6. The molecule has 49 heavy (non-hydrogen) atoms. The molecule has 2 amide bonds. The third-order valence-electron chi connectivity index (χ3n) is 9.27. The molecule has 0 aromatic heterocycles. The number of rotatable bonds is 2. The molecule has 0 atom stereocenters. The van der Waals surface area contributed by atoms with E-state index >= 15 is 0 Å². The van der Waals surface area contributed by atoms with E-state index in [4.69, 9.17) is 18.9 Å². The first-order chi connectivity index (χ1) is 23.2. The number of carbonyl (C=O) groups is 3. The number of anilines is 2. The minimum absolute atomic E-state index is 0.303. The van der Waals surface area contributed by atoms with Crippen LogP contribution >= 0.6 is 0 Å². The number of nitrogens with zero attached hydrogens (tertiary/aromatic N) is 4. The lowest BCUT2D eigenvalue weighted by Gasteiger charge is -2.40. The van der Waals surface area contributed by atoms with Crippen molar-refractivity contribution in [1.29, 1.82) is 0 Å². The van der Waals surface area contributed by atoms with Gasteiger partial charge in [-0.1, -0.05) is 18.2 Å². The van der Waals surface area contributed by atoms with Crippen LogP contribution in [0.5, 0.6) is 11.5 Å². The number of hydrogen-bond acceptors (Lipinski definition) is 9. The molecular weight excluding hydrogens is 624 g/mol. The lowest BCUT2D eigenvalue weighted by molar-refractivity contribution is 0.0216. The third-order valence-corrected chi connectivity index (χ3v) is 9.27. The van der Waals surface area contributed by atoms with E-state index in [1.54, 1.807) is 15.9 Å². The molecule has 0 N–H and O–H groups in total. The largest absolute Gasteiger partial charge is 0.456 e. The van der Waals surface area contributed by atoms with E-state index in [0.717, 1.165) is 28.1 Å². The van der Waals surface area contributed by atoms with Crippen LogP contribution < -0.4 is 14.5 Å². The highest BCUT2D eigenvalue weighted by Gasteiger charge is 2.53. The predicted molar refractivity (Wildman–Crippen MR) is 185 cm³/mol. The van der Waals surface area contributed by atoms with Crippen molar-refractivity contribution in [2.75, 3.05) is 62.2 Å². The van der Waals surface area contributed by atoms with Crippen molar-refractivity contribution in [3.05, 3.63) is 82.9 Å². The molecule has 0 saturated carbocycles. The van der Waals surface area contributed by atoms with Crippen LogP contribution in [0, 0.1) is 0 Å². The second-order valence-electron chi connectivity index (χ2n) is 15.0. The van der Waals surface area contributed by atoms with Crippen molar-refractivity contribution in [2.24, 2.45) is 0 Å². The molecule has 2 fully saturated rings. The van der Waals surface area contributed by atoms with Crippen molar-refractivity contribution in [3.63, 3.8) is 0 Å². The molecule has 0 bridgehead atoms. The van der Waals surface area contributed by atoms with Gasteiger partial charge < -0.3 is 38.5 Å². The van der Waals surface area contributed by atoms with Crippen LogP contribution in [0.3, 0.4) is 0 Å². The maximum atomic E-state index is 13.4. The van der Waals surface area contributed by atoms with E-state index in [0.29, 0.717) is 69.4 Å². The van der Waals surface area contributed by atoms with Gasteiger partial charge in [-0.05, 0) is 71.9 Å². The Morgan fingerprint density at radius 3 is 1.53 bits per heavy atom. The fourth-order valence-electron chi connectivity index (χ4n) is 6.99. The smallest absolute Gasteiger partial charge is 0.410 e. The molecule has 3 aromatic carbocycles. The van der Waals surface area contributed by atoms with Crippen molar-refractivity contribution < 1.29 is 33.3 Å². The number of esters is 1. The topological polar surface area (TPSA) is 101 Å². The number of benzene rings is 3. The number of carbonyl (C=O) groups excluding carboxylic acids is 3. The Morgan fingerprint density at radius 2 is 1.08 bits per heavy atom. The summed E-state index contributed by atoms with van der Waals surface area (Å²) in [7, 11) is 0. The Hall–Kier alpha value is -4.93. The molecule has 2 saturated heterocycles. The second kappa shape index (κ2) is 11.9. The van der Waals surface area contributed by atoms with Gasteiger partial charge in [-0.3, -0.25) is 0 Å². The monoisotopic (exact) mass is 668 g/mol. The maximum Gasteiger partial charge on any atom is 0.410 e. The second-order valence-corrected chi connectivity index (χ2v) is 15.0. The molecule has 1 spiro atoms. The standard InChI is InChI=1S/C38H44N4O7/c1-36(2,3)48-34(44)41-19-15-39(16-20-41)25-11-13-29-31(23-25)46-32-24-26(40-17-21-42(22-18-40)35(45)49-37(4,5)6)12-14-30(32)38(29)28-10-8-7-9-27(28)33(43)47-38/h7-14,23-24H,15-22H2,1-6H3. The van der Waals surface area contributed by atoms with Crippen molar-refractivity contribution >= 4 is 29.5 Å². The van der Waals surface area contributed by atoms with E-state index in [1.807, 2.05) is 96.1 Å². The highest BCUT2D eigenvalue weighted by atomic mass is 16.6. The summed E-state index contributed by atoms with van der Waals surface area (Å²) in [6, 6.07) is 19.6. The summed E-state index contributed by atoms with van der Waals surface area (Å²) in [6.45, 7) is 15.9. The van der Waals surface area contributed by atoms with Crippen LogP contribution in [0.1, 0.15) is 68.6 Å². The number of piperazine rings is 2. The highest BCUT2D eigenvalue weighted by molar-refractivity contribution is 5.97. The molecule has 0 unspecified atom stereocenters. The molecule has 4 aliphatic heterocycles. The SMILES string of the molecule is CC(C)(C)OC(=O)N1CCN(c2ccc3c(c2)Oc2cc(N4CCN(C(=O)OC(C)(C)C)CC4)ccc2C32OC(=O)c3ccccc32)CC1. The van der Waals surface area contributed by atoms with Gasteiger partial charge in [0.2, 0.25) is 0 Å². The van der Waals surface area contributed by atoms with Gasteiger partial charge in [0.1, 0.15) is 22.7 Å². The van der Waals surface area contributed by atoms with Gasteiger partial charge in [0.15, 0.2) is 5.60 Å². The summed E-state index contributed by atoms with van der Waals surface area (Å²) in [5.41, 5.74) is 2.47. The molecule has 3 aromatic rings. The fraction of sp³-hybridized carbons (Fsp3) is 0.447. The predicted octanol–water partition coefficient (Wildman–Crippen LogP) is 6.37. The Bertz CT molecular complexity index is 1700. The lowest BCUT2D eigenvalue weighted by atomic mass is 9.77. The summed E-state index contributed by atoms with van der Waals surface area (Å²) in [5.74, 6) is 0.839. The average molecular weight is 669 g/mol. The minimum atomic E-state index is -1.17. The van der Waals surface area contributed by atoms with E-state index < -0.39 is 16.8 Å². The van der Waals surface area contributed by atoms with E-state index in [1.165, 1.54) is 0 Å². The van der Waals surface area contributed by atoms with Crippen LogP contribution in [-0.2, 0) is 19.8 Å². The summed E-state index contributed by atoms with van der Waals surface area (Å²) < 4.78 is 24.2. The highest BCUT2D eigenvalue weighted by Crippen LogP contribution is 2.57. The molecule has 7 rings (SSSR count). The normalized spacial score (nSPS) is 18.3. The van der Waals surface area contributed by atoms with E-state index in [-0.39, 0.29) is 18.2 Å². The Labute approximate surface area is 287 Å². The zero-order chi connectivity index (χ0) is 34.7. The van der Waals surface area contributed by atoms with Crippen LogP contribution in [-0.4, -0.2) is 91.5 Å². The summed E-state index contributed by atoms with van der Waals surface area (Å²) in [4.78, 5) is 46.6. The summed E-state index contributed by atoms with van der Waals surface area (Å²) in [6.07, 6.45) is -0.605. The van der Waals surface area contributed by atoms with Crippen molar-refractivity contribution in [1.82, 2.24) is 9.80 Å². The van der Waals surface area contributed by atoms with Crippen molar-refractivity contribution in [2.45, 2.75) is 58.3 Å². The number of ether oxygens (including phenoxy) is 4. The van der Waals surface area contributed by atoms with Crippen LogP contribution in [0.25, 0.3) is 0 Å². The van der Waals surface area contributed by atoms with Gasteiger partial charge in [0.25, 0.3) is 0 Å². The molecule has 4 heterocycles. The zero-order valence-electron chi connectivity index (χ0n) is 29.1.